The number of nitrogens with zero attached hydrogens (tertiary/aromatic N) is 1. The maximum absolute atomic E-state index is 12.8. The standard InChI is InChI=1S/C26H40NOP/c1-4-7-20-29(21-8-5-2,22-9-6-3)27-25-18-14-10-12-16-23(25)24-17-13-11-15-19-26(24)28/h10-17,19,23-24H,4-9,18,20-22H2,1-3H3/b27-25+. The summed E-state index contributed by atoms with van der Waals surface area (Å²) < 4.78 is 5.67. The van der Waals surface area contributed by atoms with E-state index in [9.17, 15) is 5.11 Å². The highest BCUT2D eigenvalue weighted by Gasteiger charge is 2.38. The number of rotatable bonds is 11. The Balaban J connectivity index is 2.44. The first-order valence-corrected chi connectivity index (χ1v) is 14.0. The number of hydrogen-bond donors (Lipinski definition) is 0. The molecule has 2 nitrogen and oxygen atoms in total. The SMILES string of the molecule is CCCC[P+](CCCC)(CCCC)/N=C1\CC=CC=CC1C1C=CC=CC=C1[O-]. The lowest BCUT2D eigenvalue weighted by Gasteiger charge is -2.30. The highest BCUT2D eigenvalue weighted by molar-refractivity contribution is 7.74. The van der Waals surface area contributed by atoms with Gasteiger partial charge in [-0.2, -0.15) is 0 Å². The van der Waals surface area contributed by atoms with Gasteiger partial charge in [-0.25, -0.2) is 0 Å². The second-order valence-corrected chi connectivity index (χ2v) is 12.1. The fourth-order valence-corrected chi connectivity index (χ4v) is 8.59. The zero-order valence-corrected chi connectivity index (χ0v) is 19.6. The first-order valence-electron chi connectivity index (χ1n) is 11.7. The van der Waals surface area contributed by atoms with E-state index in [0.717, 1.165) is 6.42 Å². The summed E-state index contributed by atoms with van der Waals surface area (Å²) in [6.45, 7) is 6.87. The van der Waals surface area contributed by atoms with Crippen LogP contribution in [0, 0.1) is 11.8 Å². The third kappa shape index (κ3) is 7.41. The van der Waals surface area contributed by atoms with E-state index in [1.807, 2.05) is 18.2 Å². The Morgan fingerprint density at radius 1 is 0.828 bits per heavy atom. The lowest BCUT2D eigenvalue weighted by Crippen LogP contribution is -2.27. The molecule has 2 atom stereocenters. The van der Waals surface area contributed by atoms with Crippen LogP contribution in [-0.4, -0.2) is 24.2 Å². The zero-order chi connectivity index (χ0) is 21.0. The summed E-state index contributed by atoms with van der Waals surface area (Å²) in [5.41, 5.74) is 1.24. The summed E-state index contributed by atoms with van der Waals surface area (Å²) in [7, 11) is -1.39. The molecule has 0 saturated carbocycles. The van der Waals surface area contributed by atoms with Gasteiger partial charge in [-0.3, -0.25) is 0 Å². The molecule has 2 aliphatic rings. The maximum Gasteiger partial charge on any atom is 0.132 e. The molecule has 0 saturated heterocycles. The molecule has 160 valence electrons. The number of allylic oxidation sites excluding steroid dienone is 9. The Hall–Kier alpha value is -1.40. The summed E-state index contributed by atoms with van der Waals surface area (Å²) in [4.78, 5) is 0. The van der Waals surface area contributed by atoms with Crippen LogP contribution in [-0.2, 0) is 0 Å². The molecule has 3 heteroatoms. The van der Waals surface area contributed by atoms with Crippen molar-refractivity contribution in [3.8, 4) is 0 Å². The summed E-state index contributed by atoms with van der Waals surface area (Å²) in [5.74, 6) is 0.137. The molecule has 2 unspecified atom stereocenters. The van der Waals surface area contributed by atoms with Crippen molar-refractivity contribution >= 4 is 13.1 Å². The molecule has 0 amide bonds. The summed E-state index contributed by atoms with van der Waals surface area (Å²) >= 11 is 0. The van der Waals surface area contributed by atoms with Gasteiger partial charge in [0.2, 0.25) is 0 Å². The van der Waals surface area contributed by atoms with E-state index >= 15 is 0 Å². The van der Waals surface area contributed by atoms with Gasteiger partial charge < -0.3 is 5.11 Å². The lowest BCUT2D eigenvalue weighted by molar-refractivity contribution is -0.313. The quantitative estimate of drug-likeness (QED) is 0.340. The van der Waals surface area contributed by atoms with Gasteiger partial charge in [-0.15, -0.1) is 10.5 Å². The average Bonchev–Trinajstić information content (AvgIpc) is 3.08. The van der Waals surface area contributed by atoms with Crippen molar-refractivity contribution in [2.24, 2.45) is 16.6 Å². The van der Waals surface area contributed by atoms with Crippen LogP contribution in [0.2, 0.25) is 0 Å². The van der Waals surface area contributed by atoms with Crippen molar-refractivity contribution in [1.29, 1.82) is 0 Å². The Labute approximate surface area is 179 Å². The minimum Gasteiger partial charge on any atom is -0.875 e. The van der Waals surface area contributed by atoms with Crippen LogP contribution < -0.4 is 5.11 Å². The van der Waals surface area contributed by atoms with Crippen molar-refractivity contribution in [3.63, 3.8) is 0 Å². The Morgan fingerprint density at radius 3 is 2.03 bits per heavy atom. The molecular formula is C26H40NOP. The van der Waals surface area contributed by atoms with Crippen LogP contribution in [0.15, 0.2) is 65.2 Å². The molecule has 0 bridgehead atoms. The van der Waals surface area contributed by atoms with Crippen LogP contribution in [0.1, 0.15) is 65.7 Å². The van der Waals surface area contributed by atoms with Gasteiger partial charge in [-0.05, 0) is 25.2 Å². The van der Waals surface area contributed by atoms with E-state index in [1.54, 1.807) is 6.08 Å². The van der Waals surface area contributed by atoms with E-state index < -0.39 is 7.41 Å². The molecule has 0 aromatic rings. The second-order valence-electron chi connectivity index (χ2n) is 8.33. The largest absolute Gasteiger partial charge is 0.875 e. The minimum atomic E-state index is -1.39. The van der Waals surface area contributed by atoms with Gasteiger partial charge >= 0.3 is 0 Å². The second kappa shape index (κ2) is 13.0. The highest BCUT2D eigenvalue weighted by atomic mass is 31.2. The zero-order valence-electron chi connectivity index (χ0n) is 18.7. The molecule has 2 rings (SSSR count). The Kier molecular flexibility index (Phi) is 10.7. The average molecular weight is 414 g/mol. The molecule has 0 heterocycles. The predicted molar refractivity (Wildman–Crippen MR) is 130 cm³/mol. The van der Waals surface area contributed by atoms with Crippen LogP contribution >= 0.6 is 7.41 Å². The van der Waals surface area contributed by atoms with Gasteiger partial charge in [-0.1, -0.05) is 94.7 Å². The predicted octanol–water partition coefficient (Wildman–Crippen LogP) is 6.88. The molecule has 29 heavy (non-hydrogen) atoms. The van der Waals surface area contributed by atoms with Gasteiger partial charge in [0, 0.05) is 12.3 Å². The molecule has 0 aliphatic heterocycles. The van der Waals surface area contributed by atoms with Crippen LogP contribution in [0.25, 0.3) is 0 Å². The minimum absolute atomic E-state index is 0.0779. The van der Waals surface area contributed by atoms with E-state index in [1.165, 1.54) is 62.7 Å². The molecule has 0 N–H and O–H groups in total. The maximum atomic E-state index is 12.8. The third-order valence-electron chi connectivity index (χ3n) is 5.92. The van der Waals surface area contributed by atoms with E-state index in [2.05, 4.69) is 51.2 Å². The van der Waals surface area contributed by atoms with Crippen LogP contribution in [0.3, 0.4) is 0 Å². The van der Waals surface area contributed by atoms with E-state index in [4.69, 9.17) is 4.76 Å². The number of unbranched alkanes of at least 4 members (excludes halogenated alkanes) is 3. The van der Waals surface area contributed by atoms with E-state index in [0.29, 0.717) is 0 Å². The normalized spacial score (nSPS) is 23.3. The third-order valence-corrected chi connectivity index (χ3v) is 10.0. The van der Waals surface area contributed by atoms with Crippen LogP contribution in [0.4, 0.5) is 0 Å². The van der Waals surface area contributed by atoms with Gasteiger partial charge in [0.05, 0.1) is 24.2 Å². The lowest BCUT2D eigenvalue weighted by atomic mass is 9.85. The fraction of sp³-hybridized carbons (Fsp3) is 0.577. The van der Waals surface area contributed by atoms with Crippen molar-refractivity contribution in [2.45, 2.75) is 65.7 Å². The highest BCUT2D eigenvalue weighted by Crippen LogP contribution is 2.63. The topological polar surface area (TPSA) is 35.4 Å². The molecule has 0 aromatic carbocycles. The molecule has 0 aromatic heterocycles. The first-order chi connectivity index (χ1) is 14.2. The Morgan fingerprint density at radius 2 is 1.41 bits per heavy atom. The van der Waals surface area contributed by atoms with Gasteiger partial charge in [0.1, 0.15) is 7.41 Å². The molecule has 0 fully saturated rings. The van der Waals surface area contributed by atoms with Crippen molar-refractivity contribution in [1.82, 2.24) is 0 Å². The summed E-state index contributed by atoms with van der Waals surface area (Å²) in [6, 6.07) is 0. The van der Waals surface area contributed by atoms with E-state index in [-0.39, 0.29) is 17.6 Å². The fourth-order valence-electron chi connectivity index (χ4n) is 4.15. The monoisotopic (exact) mass is 413 g/mol. The smallest absolute Gasteiger partial charge is 0.132 e. The van der Waals surface area contributed by atoms with Crippen molar-refractivity contribution in [2.75, 3.05) is 18.5 Å². The number of hydrogen-bond acceptors (Lipinski definition) is 2. The summed E-state index contributed by atoms with van der Waals surface area (Å²) in [6.07, 6.45) is 30.5. The van der Waals surface area contributed by atoms with Crippen molar-refractivity contribution < 1.29 is 5.11 Å². The molecule has 0 radical (unpaired) electrons. The summed E-state index contributed by atoms with van der Waals surface area (Å²) in [5, 5.41) is 12.8. The first kappa shape index (κ1) is 23.9. The molecule has 0 spiro atoms. The van der Waals surface area contributed by atoms with Gasteiger partial charge in [0.15, 0.2) is 0 Å². The van der Waals surface area contributed by atoms with Crippen LogP contribution in [0.5, 0.6) is 0 Å². The molecule has 2 aliphatic carbocycles. The molecular weight excluding hydrogens is 373 g/mol. The Bertz CT molecular complexity index is 646. The van der Waals surface area contributed by atoms with Crippen molar-refractivity contribution in [3.05, 3.63) is 60.4 Å². The van der Waals surface area contributed by atoms with Gasteiger partial charge in [0.25, 0.3) is 0 Å².